The van der Waals surface area contributed by atoms with Crippen LogP contribution in [-0.2, 0) is 10.7 Å². The minimum atomic E-state index is -3.46. The average Bonchev–Trinajstić information content (AvgIpc) is 3.55. The zero-order chi connectivity index (χ0) is 29.8. The molecule has 1 unspecified atom stereocenters. The fourth-order valence-corrected chi connectivity index (χ4v) is 6.66. The molecule has 9 heteroatoms. The summed E-state index contributed by atoms with van der Waals surface area (Å²) in [5.41, 5.74) is 1.44. The number of halogens is 3. The molecule has 0 spiro atoms. The Labute approximate surface area is 260 Å². The van der Waals surface area contributed by atoms with E-state index in [1.807, 2.05) is 48.5 Å². The Morgan fingerprint density at radius 1 is 0.907 bits per heavy atom. The Morgan fingerprint density at radius 2 is 1.53 bits per heavy atom. The first-order valence-corrected chi connectivity index (χ1v) is 15.9. The Morgan fingerprint density at radius 3 is 2.23 bits per heavy atom. The summed E-state index contributed by atoms with van der Waals surface area (Å²) in [6.45, 7) is 1.91. The highest BCUT2D eigenvalue weighted by Gasteiger charge is 2.47. The maximum absolute atomic E-state index is 16.2. The van der Waals surface area contributed by atoms with Crippen LogP contribution >= 0.6 is 23.5 Å². The highest BCUT2D eigenvalue weighted by atomic mass is 35.5. The Hall–Kier alpha value is -3.17. The number of nitrogens with one attached hydrogen (secondary N) is 2. The van der Waals surface area contributed by atoms with E-state index in [0.29, 0.717) is 31.2 Å². The maximum atomic E-state index is 16.2. The first-order chi connectivity index (χ1) is 20.9. The topological polar surface area (TPSA) is 53.6 Å². The van der Waals surface area contributed by atoms with Gasteiger partial charge in [-0.1, -0.05) is 60.1 Å². The standard InChI is InChI=1S/C34H34ClF2N3O2S/c35-28-13-7-24(8-14-28)23-5-11-27(12-6-23)34(36,37)32(33(41)40-19-17-38-18-20-40)39-43-31-16-10-25-21-30(15-9-26(25)22-31)42-29-3-1-2-4-29/h5-16,21-22,29,32,38-39H,1-4,17-20H2. The molecule has 0 bridgehead atoms. The van der Waals surface area contributed by atoms with Crippen molar-refractivity contribution in [2.24, 2.45) is 0 Å². The molecule has 1 heterocycles. The Bertz CT molecular complexity index is 1560. The molecule has 2 fully saturated rings. The lowest BCUT2D eigenvalue weighted by Gasteiger charge is -2.34. The van der Waals surface area contributed by atoms with Gasteiger partial charge in [0.15, 0.2) is 6.04 Å². The molecule has 0 aromatic heterocycles. The molecule has 2 aliphatic rings. The zero-order valence-electron chi connectivity index (χ0n) is 23.7. The van der Waals surface area contributed by atoms with Gasteiger partial charge in [0.1, 0.15) is 5.75 Å². The third-order valence-corrected chi connectivity index (χ3v) is 9.26. The van der Waals surface area contributed by atoms with Gasteiger partial charge >= 0.3 is 0 Å². The van der Waals surface area contributed by atoms with Crippen molar-refractivity contribution < 1.29 is 18.3 Å². The van der Waals surface area contributed by atoms with Gasteiger partial charge in [-0.25, -0.2) is 4.72 Å². The van der Waals surface area contributed by atoms with Gasteiger partial charge in [0.05, 0.1) is 6.10 Å². The summed E-state index contributed by atoms with van der Waals surface area (Å²) in [5.74, 6) is -3.23. The number of hydrogen-bond acceptors (Lipinski definition) is 5. The second kappa shape index (κ2) is 13.2. The lowest BCUT2D eigenvalue weighted by molar-refractivity contribution is -0.144. The summed E-state index contributed by atoms with van der Waals surface area (Å²) in [5, 5.41) is 5.77. The van der Waals surface area contributed by atoms with Crippen LogP contribution in [-0.4, -0.2) is 49.1 Å². The van der Waals surface area contributed by atoms with Gasteiger partial charge in [-0.15, -0.1) is 0 Å². The summed E-state index contributed by atoms with van der Waals surface area (Å²) < 4.78 is 41.4. The van der Waals surface area contributed by atoms with Crippen molar-refractivity contribution in [3.05, 3.63) is 95.5 Å². The molecular formula is C34H34ClF2N3O2S. The highest BCUT2D eigenvalue weighted by Crippen LogP contribution is 2.37. The van der Waals surface area contributed by atoms with Crippen molar-refractivity contribution in [1.82, 2.24) is 14.9 Å². The summed E-state index contributed by atoms with van der Waals surface area (Å²) in [7, 11) is 0. The molecule has 4 aromatic rings. The highest BCUT2D eigenvalue weighted by molar-refractivity contribution is 7.97. The van der Waals surface area contributed by atoms with Crippen molar-refractivity contribution in [3.63, 3.8) is 0 Å². The number of ether oxygens (including phenoxy) is 1. The van der Waals surface area contributed by atoms with Gasteiger partial charge in [-0.3, -0.25) is 4.79 Å². The van der Waals surface area contributed by atoms with Crippen LogP contribution in [0.1, 0.15) is 31.2 Å². The first-order valence-electron chi connectivity index (χ1n) is 14.7. The third kappa shape index (κ3) is 6.99. The predicted molar refractivity (Wildman–Crippen MR) is 170 cm³/mol. The van der Waals surface area contributed by atoms with Crippen molar-refractivity contribution in [2.75, 3.05) is 26.2 Å². The Kier molecular flexibility index (Phi) is 9.19. The number of carbonyl (C=O) groups excluding carboxylic acids is 1. The number of carbonyl (C=O) groups is 1. The molecule has 43 heavy (non-hydrogen) atoms. The van der Waals surface area contributed by atoms with Crippen molar-refractivity contribution in [2.45, 2.75) is 48.6 Å². The van der Waals surface area contributed by atoms with Crippen molar-refractivity contribution in [3.8, 4) is 16.9 Å². The zero-order valence-corrected chi connectivity index (χ0v) is 25.3. The molecular weight excluding hydrogens is 588 g/mol. The number of piperazine rings is 1. The Balaban J connectivity index is 1.21. The van der Waals surface area contributed by atoms with Gasteiger partial charge in [0.25, 0.3) is 5.92 Å². The quantitative estimate of drug-likeness (QED) is 0.188. The summed E-state index contributed by atoms with van der Waals surface area (Å²) in [4.78, 5) is 15.8. The van der Waals surface area contributed by atoms with E-state index >= 15 is 8.78 Å². The molecule has 4 aromatic carbocycles. The van der Waals surface area contributed by atoms with Gasteiger partial charge in [0.2, 0.25) is 5.91 Å². The van der Waals surface area contributed by atoms with E-state index in [1.54, 1.807) is 24.3 Å². The molecule has 1 aliphatic carbocycles. The molecule has 1 aliphatic heterocycles. The van der Waals surface area contributed by atoms with E-state index in [0.717, 1.165) is 57.3 Å². The minimum Gasteiger partial charge on any atom is -0.490 e. The van der Waals surface area contributed by atoms with Crippen LogP contribution in [0.15, 0.2) is 89.8 Å². The van der Waals surface area contributed by atoms with Gasteiger partial charge in [-0.05, 0) is 95.9 Å². The number of benzene rings is 4. The summed E-state index contributed by atoms with van der Waals surface area (Å²) in [6.07, 6.45) is 4.86. The lowest BCUT2D eigenvalue weighted by atomic mass is 9.97. The molecule has 1 amide bonds. The summed E-state index contributed by atoms with van der Waals surface area (Å²) in [6, 6.07) is 23.3. The largest absolute Gasteiger partial charge is 0.490 e. The summed E-state index contributed by atoms with van der Waals surface area (Å²) >= 11 is 7.05. The van der Waals surface area contributed by atoms with E-state index in [1.165, 1.54) is 29.9 Å². The fraction of sp³-hybridized carbons (Fsp3) is 0.324. The van der Waals surface area contributed by atoms with Crippen LogP contribution in [0.2, 0.25) is 5.02 Å². The first kappa shape index (κ1) is 29.9. The minimum absolute atomic E-state index is 0.222. The molecule has 2 N–H and O–H groups in total. The number of fused-ring (bicyclic) bond motifs is 1. The van der Waals surface area contributed by atoms with Crippen LogP contribution in [0, 0.1) is 0 Å². The normalized spacial score (nSPS) is 16.9. The second-order valence-corrected chi connectivity index (χ2v) is 12.5. The second-order valence-electron chi connectivity index (χ2n) is 11.1. The molecule has 0 radical (unpaired) electrons. The van der Waals surface area contributed by atoms with Crippen LogP contribution < -0.4 is 14.8 Å². The van der Waals surface area contributed by atoms with E-state index in [4.69, 9.17) is 16.3 Å². The van der Waals surface area contributed by atoms with E-state index in [2.05, 4.69) is 10.0 Å². The SMILES string of the molecule is O=C(C(NSc1ccc2cc(OC3CCCC3)ccc2c1)C(F)(F)c1ccc(-c2ccc(Cl)cc2)cc1)N1CCNCC1. The number of alkyl halides is 2. The molecule has 6 rings (SSSR count). The van der Waals surface area contributed by atoms with Gasteiger partial charge in [0, 0.05) is 41.7 Å². The van der Waals surface area contributed by atoms with E-state index in [-0.39, 0.29) is 11.7 Å². The van der Waals surface area contributed by atoms with Gasteiger partial charge < -0.3 is 15.0 Å². The molecule has 5 nitrogen and oxygen atoms in total. The van der Waals surface area contributed by atoms with Crippen LogP contribution in [0.3, 0.4) is 0 Å². The fourth-order valence-electron chi connectivity index (χ4n) is 5.71. The average molecular weight is 622 g/mol. The number of hydrogen-bond donors (Lipinski definition) is 2. The third-order valence-electron chi connectivity index (χ3n) is 8.17. The van der Waals surface area contributed by atoms with Crippen molar-refractivity contribution in [1.29, 1.82) is 0 Å². The monoisotopic (exact) mass is 621 g/mol. The lowest BCUT2D eigenvalue weighted by Crippen LogP contribution is -2.56. The smallest absolute Gasteiger partial charge is 0.298 e. The molecule has 224 valence electrons. The number of rotatable bonds is 9. The van der Waals surface area contributed by atoms with Crippen LogP contribution in [0.25, 0.3) is 21.9 Å². The number of nitrogens with zero attached hydrogens (tertiary/aromatic N) is 1. The van der Waals surface area contributed by atoms with Crippen LogP contribution in [0.5, 0.6) is 5.75 Å². The van der Waals surface area contributed by atoms with E-state index in [9.17, 15) is 4.79 Å². The molecule has 1 atom stereocenters. The van der Waals surface area contributed by atoms with E-state index < -0.39 is 17.9 Å². The molecule has 1 saturated carbocycles. The maximum Gasteiger partial charge on any atom is 0.298 e. The number of amides is 1. The van der Waals surface area contributed by atoms with Crippen LogP contribution in [0.4, 0.5) is 8.78 Å². The van der Waals surface area contributed by atoms with Gasteiger partial charge in [-0.2, -0.15) is 8.78 Å². The molecule has 1 saturated heterocycles. The predicted octanol–water partition coefficient (Wildman–Crippen LogP) is 7.67. The van der Waals surface area contributed by atoms with Crippen molar-refractivity contribution >= 4 is 40.2 Å².